The SMILES string of the molecule is Cc1ncsc1-c1ccc(CNC(=O)[C@@H]2C[C@@H](O)CN2C(=O)[C@@H](NC(=O)COCCOCCNc2cc(-c3ccc(-c4nc5ccc(F)cc5s4)cc3)ccn2)C(C)(C)C)cc1. The number of aromatic nitrogens is 3. The standard InChI is InChI=1S/C46H50FN7O6S2/c1-28-41(61-27-51-28)31-7-5-29(6-8-31)24-50-43(57)37-23-35(55)25-54(37)45(58)42(46(2,3)4)53-40(56)26-60-20-19-59-18-17-49-39-21-33(15-16-48-39)30-9-11-32(12-10-30)44-52-36-14-13-34(47)22-38(36)62-44/h5-16,21-22,27,35,37,42,55H,17-20,23-26H2,1-4H3,(H,48,49)(H,50,57)(H,53,56)/t35-,37+,42-/m1/s1. The van der Waals surface area contributed by atoms with Crippen molar-refractivity contribution in [2.24, 2.45) is 5.41 Å². The summed E-state index contributed by atoms with van der Waals surface area (Å²) in [5.41, 5.74) is 7.76. The van der Waals surface area contributed by atoms with Crippen LogP contribution in [0.2, 0.25) is 0 Å². The smallest absolute Gasteiger partial charge is 0.246 e. The number of pyridine rings is 1. The highest BCUT2D eigenvalue weighted by Gasteiger charge is 2.44. The molecule has 0 radical (unpaired) electrons. The van der Waals surface area contributed by atoms with Crippen LogP contribution >= 0.6 is 22.7 Å². The first-order chi connectivity index (χ1) is 29.8. The van der Waals surface area contributed by atoms with Gasteiger partial charge in [-0.05, 0) is 64.9 Å². The molecule has 7 rings (SSSR count). The predicted molar refractivity (Wildman–Crippen MR) is 240 cm³/mol. The van der Waals surface area contributed by atoms with E-state index in [1.54, 1.807) is 23.6 Å². The molecule has 6 aromatic rings. The molecule has 3 amide bonds. The summed E-state index contributed by atoms with van der Waals surface area (Å²) < 4.78 is 25.7. The van der Waals surface area contributed by atoms with Crippen LogP contribution in [0.4, 0.5) is 10.2 Å². The van der Waals surface area contributed by atoms with Crippen LogP contribution in [0.1, 0.15) is 38.4 Å². The van der Waals surface area contributed by atoms with Gasteiger partial charge in [0.2, 0.25) is 17.7 Å². The van der Waals surface area contributed by atoms with Gasteiger partial charge in [-0.15, -0.1) is 22.7 Å². The van der Waals surface area contributed by atoms with Gasteiger partial charge in [0, 0.05) is 37.8 Å². The molecule has 62 heavy (non-hydrogen) atoms. The Kier molecular flexibility index (Phi) is 14.3. The van der Waals surface area contributed by atoms with Gasteiger partial charge in [0.25, 0.3) is 0 Å². The van der Waals surface area contributed by atoms with Crippen molar-refractivity contribution >= 4 is 56.4 Å². The van der Waals surface area contributed by atoms with Crippen LogP contribution in [-0.2, 0) is 30.4 Å². The van der Waals surface area contributed by atoms with Crippen LogP contribution < -0.4 is 16.0 Å². The lowest BCUT2D eigenvalue weighted by atomic mass is 9.85. The minimum absolute atomic E-state index is 0.0156. The Morgan fingerprint density at radius 2 is 1.66 bits per heavy atom. The van der Waals surface area contributed by atoms with E-state index in [9.17, 15) is 23.9 Å². The zero-order chi connectivity index (χ0) is 43.8. The molecule has 1 saturated heterocycles. The number of benzene rings is 3. The van der Waals surface area contributed by atoms with Crippen LogP contribution in [0.5, 0.6) is 0 Å². The van der Waals surface area contributed by atoms with E-state index in [1.165, 1.54) is 28.4 Å². The normalized spacial score (nSPS) is 15.7. The summed E-state index contributed by atoms with van der Waals surface area (Å²) in [5.74, 6) is -0.876. The summed E-state index contributed by atoms with van der Waals surface area (Å²) in [7, 11) is 0. The number of nitrogens with one attached hydrogen (secondary N) is 3. The molecular weight excluding hydrogens is 830 g/mol. The third-order valence-corrected chi connectivity index (χ3v) is 12.5. The fourth-order valence-corrected chi connectivity index (χ4v) is 8.96. The summed E-state index contributed by atoms with van der Waals surface area (Å²) in [6.07, 6.45) is 0.966. The van der Waals surface area contributed by atoms with Gasteiger partial charge in [-0.2, -0.15) is 0 Å². The molecule has 4 heterocycles. The monoisotopic (exact) mass is 879 g/mol. The molecule has 1 fully saturated rings. The van der Waals surface area contributed by atoms with Crippen molar-refractivity contribution in [3.05, 3.63) is 108 Å². The van der Waals surface area contributed by atoms with E-state index in [2.05, 4.69) is 30.9 Å². The predicted octanol–water partition coefficient (Wildman–Crippen LogP) is 6.85. The maximum absolute atomic E-state index is 13.9. The molecule has 3 aromatic heterocycles. The summed E-state index contributed by atoms with van der Waals surface area (Å²) in [5, 5.41) is 20.4. The molecule has 3 atom stereocenters. The number of hydrogen-bond acceptors (Lipinski definition) is 12. The minimum atomic E-state index is -0.964. The lowest BCUT2D eigenvalue weighted by molar-refractivity contribution is -0.144. The van der Waals surface area contributed by atoms with Crippen molar-refractivity contribution in [1.82, 2.24) is 30.5 Å². The maximum atomic E-state index is 13.9. The Bertz CT molecular complexity index is 2490. The molecule has 0 aliphatic carbocycles. The Labute approximate surface area is 367 Å². The molecule has 0 saturated carbocycles. The topological polar surface area (TPSA) is 168 Å². The lowest BCUT2D eigenvalue weighted by Gasteiger charge is -2.35. The van der Waals surface area contributed by atoms with Crippen molar-refractivity contribution in [3.8, 4) is 32.1 Å². The number of anilines is 1. The highest BCUT2D eigenvalue weighted by atomic mass is 32.1. The van der Waals surface area contributed by atoms with Crippen molar-refractivity contribution in [1.29, 1.82) is 0 Å². The van der Waals surface area contributed by atoms with E-state index in [0.717, 1.165) is 53.6 Å². The number of hydrogen-bond donors (Lipinski definition) is 4. The number of nitrogens with zero attached hydrogens (tertiary/aromatic N) is 4. The van der Waals surface area contributed by atoms with Crippen LogP contribution in [0, 0.1) is 18.2 Å². The number of carbonyl (C=O) groups excluding carboxylic acids is 3. The molecule has 324 valence electrons. The number of likely N-dealkylation sites (tertiary alicyclic amines) is 1. The quantitative estimate of drug-likeness (QED) is 0.0712. The Balaban J connectivity index is 0.815. The van der Waals surface area contributed by atoms with Crippen LogP contribution in [-0.4, -0.2) is 100 Å². The number of fused-ring (bicyclic) bond motifs is 1. The molecule has 13 nitrogen and oxygen atoms in total. The van der Waals surface area contributed by atoms with Gasteiger partial charge in [0.15, 0.2) is 0 Å². The molecule has 0 bridgehead atoms. The lowest BCUT2D eigenvalue weighted by Crippen LogP contribution is -2.58. The summed E-state index contributed by atoms with van der Waals surface area (Å²) in [6, 6.07) is 22.6. The van der Waals surface area contributed by atoms with Gasteiger partial charge >= 0.3 is 0 Å². The van der Waals surface area contributed by atoms with Gasteiger partial charge in [0.1, 0.15) is 35.3 Å². The molecule has 1 aliphatic rings. The Morgan fingerprint density at radius 1 is 0.919 bits per heavy atom. The number of ether oxygens (including phenoxy) is 2. The highest BCUT2D eigenvalue weighted by Crippen LogP contribution is 2.33. The van der Waals surface area contributed by atoms with Gasteiger partial charge < -0.3 is 35.4 Å². The number of carbonyl (C=O) groups is 3. The van der Waals surface area contributed by atoms with Crippen LogP contribution in [0.15, 0.2) is 90.6 Å². The first-order valence-corrected chi connectivity index (χ1v) is 22.1. The van der Waals surface area contributed by atoms with E-state index in [1.807, 2.05) is 93.9 Å². The Hall–Kier alpha value is -5.65. The van der Waals surface area contributed by atoms with Gasteiger partial charge in [-0.25, -0.2) is 19.3 Å². The van der Waals surface area contributed by atoms with Crippen LogP contribution in [0.3, 0.4) is 0 Å². The number of β-amino-alcohol motifs (C(OH)–C–C–N with tert-alkyl or cyclic N) is 1. The number of aliphatic hydroxyl groups excluding tert-OH is 1. The first-order valence-electron chi connectivity index (χ1n) is 20.4. The fraction of sp³-hybridized carbons (Fsp3) is 0.348. The molecule has 3 aromatic carbocycles. The zero-order valence-corrected chi connectivity index (χ0v) is 36.7. The average molecular weight is 880 g/mol. The molecule has 4 N–H and O–H groups in total. The molecule has 1 aliphatic heterocycles. The van der Waals surface area contributed by atoms with E-state index in [-0.39, 0.29) is 51.1 Å². The fourth-order valence-electron chi connectivity index (χ4n) is 7.15. The minimum Gasteiger partial charge on any atom is -0.391 e. The second-order valence-corrected chi connectivity index (χ2v) is 18.1. The Morgan fingerprint density at radius 3 is 2.40 bits per heavy atom. The molecule has 0 spiro atoms. The largest absolute Gasteiger partial charge is 0.391 e. The summed E-state index contributed by atoms with van der Waals surface area (Å²) in [6.45, 7) is 8.69. The second-order valence-electron chi connectivity index (χ2n) is 16.2. The van der Waals surface area contributed by atoms with Gasteiger partial charge in [-0.3, -0.25) is 14.4 Å². The van der Waals surface area contributed by atoms with E-state index in [0.29, 0.717) is 19.0 Å². The first kappa shape index (κ1) is 44.4. The summed E-state index contributed by atoms with van der Waals surface area (Å²) in [4.78, 5) is 56.2. The van der Waals surface area contributed by atoms with Gasteiger partial charge in [0.05, 0.1) is 52.2 Å². The number of aliphatic hydroxyl groups is 1. The van der Waals surface area contributed by atoms with Crippen molar-refractivity contribution in [2.45, 2.75) is 58.8 Å². The number of thiazole rings is 2. The van der Waals surface area contributed by atoms with E-state index in [4.69, 9.17) is 9.47 Å². The van der Waals surface area contributed by atoms with Crippen molar-refractivity contribution < 1.29 is 33.4 Å². The van der Waals surface area contributed by atoms with Crippen LogP contribution in [0.25, 0.3) is 42.4 Å². The zero-order valence-electron chi connectivity index (χ0n) is 35.0. The summed E-state index contributed by atoms with van der Waals surface area (Å²) >= 11 is 3.03. The van der Waals surface area contributed by atoms with Gasteiger partial charge in [-0.1, -0.05) is 69.3 Å². The van der Waals surface area contributed by atoms with E-state index >= 15 is 0 Å². The average Bonchev–Trinajstić information content (AvgIpc) is 4.00. The third kappa shape index (κ3) is 11.2. The molecular formula is C46H50FN7O6S2. The number of amides is 3. The number of rotatable bonds is 17. The van der Waals surface area contributed by atoms with E-state index < -0.39 is 35.4 Å². The highest BCUT2D eigenvalue weighted by molar-refractivity contribution is 7.21. The molecule has 0 unspecified atom stereocenters. The van der Waals surface area contributed by atoms with Crippen molar-refractivity contribution in [2.75, 3.05) is 44.8 Å². The number of halogens is 1. The molecule has 16 heteroatoms. The van der Waals surface area contributed by atoms with Crippen molar-refractivity contribution in [3.63, 3.8) is 0 Å². The second kappa shape index (κ2) is 20.0. The third-order valence-electron chi connectivity index (χ3n) is 10.4. The maximum Gasteiger partial charge on any atom is 0.246 e. The number of aryl methyl sites for hydroxylation is 1.